The van der Waals surface area contributed by atoms with Crippen molar-refractivity contribution in [3.05, 3.63) is 35.4 Å². The minimum absolute atomic E-state index is 0.227. The van der Waals surface area contributed by atoms with E-state index in [2.05, 4.69) is 11.8 Å². The molecule has 19 heavy (non-hydrogen) atoms. The van der Waals surface area contributed by atoms with Gasteiger partial charge in [0.25, 0.3) is 0 Å². The molecule has 0 unspecified atom stereocenters. The van der Waals surface area contributed by atoms with E-state index in [9.17, 15) is 13.2 Å². The highest BCUT2D eigenvalue weighted by molar-refractivity contribution is 5.37. The van der Waals surface area contributed by atoms with Gasteiger partial charge in [0.1, 0.15) is 6.61 Å². The zero-order valence-electron chi connectivity index (χ0n) is 10.7. The molecule has 0 fully saturated rings. The number of benzene rings is 1. The van der Waals surface area contributed by atoms with Gasteiger partial charge in [-0.3, -0.25) is 4.90 Å². The lowest BCUT2D eigenvalue weighted by molar-refractivity contribution is -0.146. The van der Waals surface area contributed by atoms with Gasteiger partial charge < -0.3 is 5.11 Å². The minimum Gasteiger partial charge on any atom is -0.384 e. The standard InChI is InChI=1S/C14H16F3NO/c1-2-18(11-14(15,16)17)10-13-6-3-5-12(9-13)7-4-8-19/h3,5-6,9,19H,2,8,10-11H2,1H3. The first kappa shape index (κ1) is 15.5. The number of nitrogens with zero attached hydrogens (tertiary/aromatic N) is 1. The Hall–Kier alpha value is -1.51. The van der Waals surface area contributed by atoms with Crippen molar-refractivity contribution >= 4 is 0 Å². The van der Waals surface area contributed by atoms with Crippen LogP contribution in [0.25, 0.3) is 0 Å². The van der Waals surface area contributed by atoms with Crippen molar-refractivity contribution in [1.82, 2.24) is 4.90 Å². The third kappa shape index (κ3) is 6.27. The second-order valence-electron chi connectivity index (χ2n) is 4.08. The molecule has 0 aromatic heterocycles. The van der Waals surface area contributed by atoms with E-state index in [0.29, 0.717) is 12.1 Å². The number of hydrogen-bond donors (Lipinski definition) is 1. The quantitative estimate of drug-likeness (QED) is 0.850. The van der Waals surface area contributed by atoms with Gasteiger partial charge in [-0.15, -0.1) is 0 Å². The van der Waals surface area contributed by atoms with E-state index in [0.717, 1.165) is 5.56 Å². The van der Waals surface area contributed by atoms with Crippen molar-refractivity contribution in [3.63, 3.8) is 0 Å². The van der Waals surface area contributed by atoms with Gasteiger partial charge in [-0.05, 0) is 24.2 Å². The Kier molecular flexibility index (Phi) is 5.87. The van der Waals surface area contributed by atoms with Crippen LogP contribution in [0.2, 0.25) is 0 Å². The first-order chi connectivity index (χ1) is 8.94. The smallest absolute Gasteiger partial charge is 0.384 e. The first-order valence-corrected chi connectivity index (χ1v) is 5.92. The summed E-state index contributed by atoms with van der Waals surface area (Å²) in [5.41, 5.74) is 1.46. The maximum Gasteiger partial charge on any atom is 0.401 e. The van der Waals surface area contributed by atoms with Gasteiger partial charge in [-0.2, -0.15) is 13.2 Å². The predicted octanol–water partition coefficient (Wildman–Crippen LogP) is 2.41. The Morgan fingerprint density at radius 3 is 2.63 bits per heavy atom. The molecular formula is C14H16F3NO. The normalized spacial score (nSPS) is 11.3. The molecule has 0 saturated carbocycles. The first-order valence-electron chi connectivity index (χ1n) is 5.92. The molecule has 0 bridgehead atoms. The van der Waals surface area contributed by atoms with Crippen molar-refractivity contribution in [2.75, 3.05) is 19.7 Å². The number of rotatable bonds is 4. The molecule has 0 heterocycles. The summed E-state index contributed by atoms with van der Waals surface area (Å²) in [5, 5.41) is 8.60. The molecule has 0 atom stereocenters. The maximum absolute atomic E-state index is 12.3. The predicted molar refractivity (Wildman–Crippen MR) is 67.4 cm³/mol. The van der Waals surface area contributed by atoms with Crippen LogP contribution in [0.3, 0.4) is 0 Å². The molecule has 0 spiro atoms. The molecule has 1 aromatic rings. The van der Waals surface area contributed by atoms with Crippen LogP contribution in [0.1, 0.15) is 18.1 Å². The summed E-state index contributed by atoms with van der Waals surface area (Å²) in [6, 6.07) is 7.01. The summed E-state index contributed by atoms with van der Waals surface area (Å²) in [5.74, 6) is 5.24. The zero-order chi connectivity index (χ0) is 14.3. The lowest BCUT2D eigenvalue weighted by Gasteiger charge is -2.21. The summed E-state index contributed by atoms with van der Waals surface area (Å²) in [7, 11) is 0. The Morgan fingerprint density at radius 1 is 1.32 bits per heavy atom. The van der Waals surface area contributed by atoms with Crippen molar-refractivity contribution in [3.8, 4) is 11.8 Å². The van der Waals surface area contributed by atoms with Crippen molar-refractivity contribution < 1.29 is 18.3 Å². The molecule has 2 nitrogen and oxygen atoms in total. The molecular weight excluding hydrogens is 255 g/mol. The highest BCUT2D eigenvalue weighted by atomic mass is 19.4. The monoisotopic (exact) mass is 271 g/mol. The number of aliphatic hydroxyl groups is 1. The summed E-state index contributed by atoms with van der Waals surface area (Å²) in [4.78, 5) is 1.32. The van der Waals surface area contributed by atoms with E-state index in [-0.39, 0.29) is 13.2 Å². The van der Waals surface area contributed by atoms with Gasteiger partial charge in [0.2, 0.25) is 0 Å². The van der Waals surface area contributed by atoms with Gasteiger partial charge in [-0.25, -0.2) is 0 Å². The second-order valence-corrected chi connectivity index (χ2v) is 4.08. The highest BCUT2D eigenvalue weighted by Gasteiger charge is 2.29. The summed E-state index contributed by atoms with van der Waals surface area (Å²) in [6.45, 7) is 1.09. The van der Waals surface area contributed by atoms with Crippen LogP contribution >= 0.6 is 0 Å². The van der Waals surface area contributed by atoms with E-state index >= 15 is 0 Å². The Bertz CT molecular complexity index is 460. The molecule has 1 N–H and O–H groups in total. The van der Waals surface area contributed by atoms with Gasteiger partial charge >= 0.3 is 6.18 Å². The summed E-state index contributed by atoms with van der Waals surface area (Å²) < 4.78 is 37.0. The van der Waals surface area contributed by atoms with Gasteiger partial charge in [0, 0.05) is 12.1 Å². The lowest BCUT2D eigenvalue weighted by atomic mass is 10.1. The average molecular weight is 271 g/mol. The third-order valence-electron chi connectivity index (χ3n) is 2.50. The Balaban J connectivity index is 2.74. The van der Waals surface area contributed by atoms with Crippen molar-refractivity contribution in [2.24, 2.45) is 0 Å². The van der Waals surface area contributed by atoms with E-state index < -0.39 is 12.7 Å². The van der Waals surface area contributed by atoms with Gasteiger partial charge in [-0.1, -0.05) is 30.9 Å². The van der Waals surface area contributed by atoms with Crippen LogP contribution < -0.4 is 0 Å². The molecule has 1 rings (SSSR count). The molecule has 5 heteroatoms. The molecule has 0 saturated heterocycles. The maximum atomic E-state index is 12.3. The molecule has 1 aromatic carbocycles. The van der Waals surface area contributed by atoms with Crippen LogP contribution in [-0.2, 0) is 6.54 Å². The number of halogens is 3. The van der Waals surface area contributed by atoms with E-state index in [4.69, 9.17) is 5.11 Å². The molecule has 0 amide bonds. The lowest BCUT2D eigenvalue weighted by Crippen LogP contribution is -2.33. The minimum atomic E-state index is -4.19. The van der Waals surface area contributed by atoms with E-state index in [1.165, 1.54) is 4.90 Å². The van der Waals surface area contributed by atoms with Crippen molar-refractivity contribution in [2.45, 2.75) is 19.6 Å². The molecule has 0 aliphatic heterocycles. The fourth-order valence-corrected chi connectivity index (χ4v) is 1.68. The number of aliphatic hydroxyl groups excluding tert-OH is 1. The van der Waals surface area contributed by atoms with Crippen molar-refractivity contribution in [1.29, 1.82) is 0 Å². The fraction of sp³-hybridized carbons (Fsp3) is 0.429. The van der Waals surface area contributed by atoms with E-state index in [1.807, 2.05) is 0 Å². The van der Waals surface area contributed by atoms with Crippen LogP contribution in [0.4, 0.5) is 13.2 Å². The fourth-order valence-electron chi connectivity index (χ4n) is 1.68. The summed E-state index contributed by atoms with van der Waals surface area (Å²) in [6.07, 6.45) is -4.19. The second kappa shape index (κ2) is 7.17. The van der Waals surface area contributed by atoms with Crippen LogP contribution in [0, 0.1) is 11.8 Å². The van der Waals surface area contributed by atoms with Gasteiger partial charge in [0.05, 0.1) is 6.54 Å². The topological polar surface area (TPSA) is 23.5 Å². The summed E-state index contributed by atoms with van der Waals surface area (Å²) >= 11 is 0. The zero-order valence-corrected chi connectivity index (χ0v) is 10.7. The number of alkyl halides is 3. The number of hydrogen-bond acceptors (Lipinski definition) is 2. The van der Waals surface area contributed by atoms with Gasteiger partial charge in [0.15, 0.2) is 0 Å². The van der Waals surface area contributed by atoms with Crippen LogP contribution in [-0.4, -0.2) is 35.9 Å². The largest absolute Gasteiger partial charge is 0.401 e. The highest BCUT2D eigenvalue weighted by Crippen LogP contribution is 2.18. The molecule has 0 radical (unpaired) electrons. The average Bonchev–Trinajstić information content (AvgIpc) is 2.34. The van der Waals surface area contributed by atoms with Crippen LogP contribution in [0.5, 0.6) is 0 Å². The van der Waals surface area contributed by atoms with E-state index in [1.54, 1.807) is 31.2 Å². The molecule has 104 valence electrons. The molecule has 0 aliphatic carbocycles. The molecule has 0 aliphatic rings. The Morgan fingerprint density at radius 2 is 2.05 bits per heavy atom. The SMILES string of the molecule is CCN(Cc1cccc(C#CCO)c1)CC(F)(F)F. The van der Waals surface area contributed by atoms with Crippen LogP contribution in [0.15, 0.2) is 24.3 Å². The third-order valence-corrected chi connectivity index (χ3v) is 2.50. The Labute approximate surface area is 110 Å².